The molecule has 2 atom stereocenters. The van der Waals surface area contributed by atoms with Gasteiger partial charge in [0.15, 0.2) is 0 Å². The standard InChI is InChI=1S/C34H34ClFN8O/c1-44(2)25-13-7-20(15-25)33(45)42-30(37)19-38-23-9-11-24(12-10-23)41-34-40-18-21-17-39-32(27-5-3-4-6-29(27)36)28-16-22(35)8-14-26(28)31(21)43-34/h3-6,8-12,14,16,18,20,25,38H,7,13,15,17,19H2,1-2H3,(H2,37,42,45)(H,40,41,43). The fourth-order valence-corrected chi connectivity index (χ4v) is 5.99. The summed E-state index contributed by atoms with van der Waals surface area (Å²) in [6.45, 7) is 0.495. The van der Waals surface area contributed by atoms with Crippen molar-refractivity contribution in [3.63, 3.8) is 0 Å². The molecule has 45 heavy (non-hydrogen) atoms. The largest absolute Gasteiger partial charge is 0.378 e. The average molecular weight is 625 g/mol. The van der Waals surface area contributed by atoms with E-state index in [4.69, 9.17) is 27.0 Å². The maximum Gasteiger partial charge on any atom is 0.228 e. The third-order valence-corrected chi connectivity index (χ3v) is 8.52. The molecule has 9 nitrogen and oxygen atoms in total. The Morgan fingerprint density at radius 1 is 1.02 bits per heavy atom. The lowest BCUT2D eigenvalue weighted by Gasteiger charge is -2.18. The van der Waals surface area contributed by atoms with E-state index < -0.39 is 0 Å². The molecule has 2 unspecified atom stereocenters. The molecule has 6 rings (SSSR count). The number of nitrogens with one attached hydrogen (secondary N) is 4. The second kappa shape index (κ2) is 13.1. The van der Waals surface area contributed by atoms with Crippen LogP contribution >= 0.6 is 11.6 Å². The minimum atomic E-state index is -0.358. The van der Waals surface area contributed by atoms with Crippen LogP contribution in [0.15, 0.2) is 77.9 Å². The molecule has 4 N–H and O–H groups in total. The maximum absolute atomic E-state index is 14.8. The quantitative estimate of drug-likeness (QED) is 0.136. The van der Waals surface area contributed by atoms with E-state index in [-0.39, 0.29) is 30.0 Å². The van der Waals surface area contributed by atoms with Crippen molar-refractivity contribution < 1.29 is 9.18 Å². The first kappa shape index (κ1) is 30.4. The van der Waals surface area contributed by atoms with Crippen LogP contribution in [0.25, 0.3) is 11.3 Å². The molecule has 1 aliphatic heterocycles. The van der Waals surface area contributed by atoms with Gasteiger partial charge in [0.2, 0.25) is 11.9 Å². The van der Waals surface area contributed by atoms with Gasteiger partial charge in [0, 0.05) is 56.8 Å². The molecule has 1 fully saturated rings. The van der Waals surface area contributed by atoms with Crippen LogP contribution in [0.4, 0.5) is 21.7 Å². The third kappa shape index (κ3) is 6.87. The number of anilines is 3. The first-order valence-electron chi connectivity index (χ1n) is 14.9. The zero-order chi connectivity index (χ0) is 31.5. The average Bonchev–Trinajstić information content (AvgIpc) is 3.48. The zero-order valence-corrected chi connectivity index (χ0v) is 25.8. The van der Waals surface area contributed by atoms with Crippen molar-refractivity contribution in [3.8, 4) is 11.3 Å². The van der Waals surface area contributed by atoms with Gasteiger partial charge in [-0.2, -0.15) is 0 Å². The first-order chi connectivity index (χ1) is 21.7. The van der Waals surface area contributed by atoms with Gasteiger partial charge >= 0.3 is 0 Å². The molecule has 2 heterocycles. The molecule has 4 aromatic rings. The van der Waals surface area contributed by atoms with E-state index in [0.29, 0.717) is 46.1 Å². The van der Waals surface area contributed by atoms with Crippen molar-refractivity contribution in [2.75, 3.05) is 31.3 Å². The van der Waals surface area contributed by atoms with Crippen LogP contribution in [0.2, 0.25) is 5.02 Å². The third-order valence-electron chi connectivity index (χ3n) is 8.28. The molecule has 2 aliphatic rings. The van der Waals surface area contributed by atoms with Crippen LogP contribution in [0.1, 0.15) is 36.0 Å². The number of rotatable bonds is 8. The van der Waals surface area contributed by atoms with Gasteiger partial charge in [-0.1, -0.05) is 29.8 Å². The fraction of sp³-hybridized carbons (Fsp3) is 0.265. The number of hydrogen-bond acceptors (Lipinski definition) is 8. The lowest BCUT2D eigenvalue weighted by atomic mass is 9.95. The molecule has 11 heteroatoms. The van der Waals surface area contributed by atoms with Crippen molar-refractivity contribution in [3.05, 3.63) is 100 Å². The van der Waals surface area contributed by atoms with E-state index >= 15 is 0 Å². The zero-order valence-electron chi connectivity index (χ0n) is 25.1. The Morgan fingerprint density at radius 3 is 2.56 bits per heavy atom. The molecule has 0 spiro atoms. The number of benzene rings is 3. The summed E-state index contributed by atoms with van der Waals surface area (Å²) in [6, 6.07) is 20.0. The highest BCUT2D eigenvalue weighted by Gasteiger charge is 2.31. The number of halogens is 2. The maximum atomic E-state index is 14.8. The van der Waals surface area contributed by atoms with Crippen molar-refractivity contribution in [1.82, 2.24) is 20.2 Å². The van der Waals surface area contributed by atoms with E-state index in [1.807, 2.05) is 44.4 Å². The van der Waals surface area contributed by atoms with Crippen LogP contribution in [-0.4, -0.2) is 59.0 Å². The van der Waals surface area contributed by atoms with Crippen molar-refractivity contribution in [2.24, 2.45) is 10.9 Å². The van der Waals surface area contributed by atoms with Crippen molar-refractivity contribution in [1.29, 1.82) is 5.41 Å². The number of fused-ring (bicyclic) bond motifs is 3. The molecule has 0 radical (unpaired) electrons. The molecule has 1 amide bonds. The summed E-state index contributed by atoms with van der Waals surface area (Å²) in [6.07, 6.45) is 4.41. The van der Waals surface area contributed by atoms with Gasteiger partial charge in [-0.3, -0.25) is 15.2 Å². The number of amides is 1. The summed E-state index contributed by atoms with van der Waals surface area (Å²) in [5, 5.41) is 17.9. The van der Waals surface area contributed by atoms with Gasteiger partial charge in [0.1, 0.15) is 11.7 Å². The second-order valence-corrected chi connectivity index (χ2v) is 12.0. The highest BCUT2D eigenvalue weighted by molar-refractivity contribution is 6.31. The molecule has 1 saturated carbocycles. The highest BCUT2D eigenvalue weighted by atomic mass is 35.5. The molecule has 3 aromatic carbocycles. The number of aromatic nitrogens is 2. The minimum absolute atomic E-state index is 0.0500. The Morgan fingerprint density at radius 2 is 1.80 bits per heavy atom. The van der Waals surface area contributed by atoms with Gasteiger partial charge in [0.25, 0.3) is 0 Å². The van der Waals surface area contributed by atoms with Crippen LogP contribution < -0.4 is 16.0 Å². The predicted molar refractivity (Wildman–Crippen MR) is 177 cm³/mol. The Bertz CT molecular complexity index is 1770. The molecular weight excluding hydrogens is 591 g/mol. The number of carbonyl (C=O) groups excluding carboxylic acids is 1. The lowest BCUT2D eigenvalue weighted by molar-refractivity contribution is -0.123. The predicted octanol–water partition coefficient (Wildman–Crippen LogP) is 6.27. The molecule has 1 aromatic heterocycles. The molecule has 230 valence electrons. The number of amidine groups is 1. The summed E-state index contributed by atoms with van der Waals surface area (Å²) >= 11 is 6.37. The smallest absolute Gasteiger partial charge is 0.228 e. The Balaban J connectivity index is 1.11. The van der Waals surface area contributed by atoms with Gasteiger partial charge < -0.3 is 20.9 Å². The van der Waals surface area contributed by atoms with E-state index in [0.717, 1.165) is 41.8 Å². The fourth-order valence-electron chi connectivity index (χ4n) is 5.82. The summed E-state index contributed by atoms with van der Waals surface area (Å²) in [4.78, 5) is 28.8. The van der Waals surface area contributed by atoms with Crippen molar-refractivity contribution in [2.45, 2.75) is 31.8 Å². The van der Waals surface area contributed by atoms with Crippen LogP contribution in [0, 0.1) is 17.1 Å². The summed E-state index contributed by atoms with van der Waals surface area (Å²) < 4.78 is 14.8. The Hall–Kier alpha value is -4.67. The number of nitrogens with zero attached hydrogens (tertiary/aromatic N) is 4. The molecule has 1 aliphatic carbocycles. The van der Waals surface area contributed by atoms with Crippen LogP contribution in [-0.2, 0) is 11.3 Å². The molecular formula is C34H34ClFN8O. The van der Waals surface area contributed by atoms with Gasteiger partial charge in [-0.05, 0) is 81.9 Å². The number of aliphatic imine (C=N–C) groups is 1. The van der Waals surface area contributed by atoms with Crippen LogP contribution in [0.5, 0.6) is 0 Å². The Kier molecular flexibility index (Phi) is 8.86. The highest BCUT2D eigenvalue weighted by Crippen LogP contribution is 2.34. The lowest BCUT2D eigenvalue weighted by Crippen LogP contribution is -2.38. The summed E-state index contributed by atoms with van der Waals surface area (Å²) in [5.74, 6) is 0.0527. The Labute approximate surface area is 266 Å². The van der Waals surface area contributed by atoms with E-state index in [2.05, 4.69) is 25.8 Å². The summed E-state index contributed by atoms with van der Waals surface area (Å²) in [7, 11) is 4.07. The van der Waals surface area contributed by atoms with Crippen molar-refractivity contribution >= 4 is 46.4 Å². The summed E-state index contributed by atoms with van der Waals surface area (Å²) in [5.41, 5.74) is 5.50. The SMILES string of the molecule is CN(C)C1CCC(C(=O)NC(=N)CNc2ccc(Nc3ncc4c(n3)-c3ccc(Cl)cc3C(c3ccccc3F)=NC4)cc2)C1. The van der Waals surface area contributed by atoms with E-state index in [1.54, 1.807) is 36.5 Å². The topological polar surface area (TPSA) is 118 Å². The number of carbonyl (C=O) groups is 1. The van der Waals surface area contributed by atoms with Crippen LogP contribution in [0.3, 0.4) is 0 Å². The molecule has 0 saturated heterocycles. The minimum Gasteiger partial charge on any atom is -0.378 e. The molecule has 0 bridgehead atoms. The van der Waals surface area contributed by atoms with Gasteiger partial charge in [0.05, 0.1) is 24.5 Å². The normalized spacial score (nSPS) is 17.1. The van der Waals surface area contributed by atoms with Gasteiger partial charge in [-0.15, -0.1) is 0 Å². The number of hydrogen-bond donors (Lipinski definition) is 4. The first-order valence-corrected chi connectivity index (χ1v) is 15.2. The second-order valence-electron chi connectivity index (χ2n) is 11.6. The monoisotopic (exact) mass is 624 g/mol. The van der Waals surface area contributed by atoms with Gasteiger partial charge in [-0.25, -0.2) is 14.4 Å². The van der Waals surface area contributed by atoms with E-state index in [1.165, 1.54) is 6.07 Å². The van der Waals surface area contributed by atoms with E-state index in [9.17, 15) is 9.18 Å².